The molecule has 3 aromatic rings. The van der Waals surface area contributed by atoms with Crippen molar-refractivity contribution in [2.24, 2.45) is 5.92 Å². The van der Waals surface area contributed by atoms with Crippen molar-refractivity contribution in [1.29, 1.82) is 0 Å². The lowest BCUT2D eigenvalue weighted by atomic mass is 10.1. The highest BCUT2D eigenvalue weighted by Crippen LogP contribution is 2.27. The molecule has 1 saturated heterocycles. The first-order valence-electron chi connectivity index (χ1n) is 12.9. The molecule has 1 amide bonds. The fourth-order valence-electron chi connectivity index (χ4n) is 4.44. The zero-order valence-corrected chi connectivity index (χ0v) is 20.9. The van der Waals surface area contributed by atoms with Crippen molar-refractivity contribution in [3.8, 4) is 17.1 Å². The van der Waals surface area contributed by atoms with Gasteiger partial charge in [0.25, 0.3) is 5.56 Å². The molecule has 1 aliphatic carbocycles. The molecular formula is C28H34N4O4. The summed E-state index contributed by atoms with van der Waals surface area (Å²) in [6.07, 6.45) is 3.21. The number of hydrogen-bond acceptors (Lipinski definition) is 6. The minimum Gasteiger partial charge on any atom is -0.494 e. The number of nitrogens with one attached hydrogen (secondary N) is 1. The summed E-state index contributed by atoms with van der Waals surface area (Å²) in [5, 5.41) is 3.42. The van der Waals surface area contributed by atoms with E-state index in [9.17, 15) is 9.59 Å². The van der Waals surface area contributed by atoms with Gasteiger partial charge < -0.3 is 14.8 Å². The van der Waals surface area contributed by atoms with Crippen molar-refractivity contribution in [2.75, 3.05) is 46.0 Å². The van der Waals surface area contributed by atoms with E-state index in [1.54, 1.807) is 6.07 Å². The predicted molar refractivity (Wildman–Crippen MR) is 139 cm³/mol. The maximum Gasteiger partial charge on any atom is 0.262 e. The Hall–Kier alpha value is -3.23. The summed E-state index contributed by atoms with van der Waals surface area (Å²) in [5.74, 6) is 1.53. The molecule has 2 aliphatic rings. The molecule has 36 heavy (non-hydrogen) atoms. The molecule has 190 valence electrons. The average Bonchev–Trinajstić information content (AvgIpc) is 3.73. The maximum absolute atomic E-state index is 13.6. The number of morpholine rings is 1. The number of rotatable bonds is 10. The smallest absolute Gasteiger partial charge is 0.262 e. The number of benzene rings is 2. The predicted octanol–water partition coefficient (Wildman–Crippen LogP) is 3.00. The Kier molecular flexibility index (Phi) is 7.63. The van der Waals surface area contributed by atoms with E-state index in [2.05, 4.69) is 10.2 Å². The van der Waals surface area contributed by atoms with Crippen LogP contribution in [-0.2, 0) is 16.1 Å². The lowest BCUT2D eigenvalue weighted by molar-refractivity contribution is -0.121. The van der Waals surface area contributed by atoms with Crippen LogP contribution in [0.4, 0.5) is 0 Å². The summed E-state index contributed by atoms with van der Waals surface area (Å²) in [6, 6.07) is 13.3. The van der Waals surface area contributed by atoms with Gasteiger partial charge in [0.1, 0.15) is 18.1 Å². The van der Waals surface area contributed by atoms with Crippen LogP contribution in [0.25, 0.3) is 22.3 Å². The molecule has 0 bridgehead atoms. The van der Waals surface area contributed by atoms with E-state index in [0.717, 1.165) is 63.2 Å². The third kappa shape index (κ3) is 6.12. The molecule has 1 aromatic heterocycles. The number of hydrogen-bond donors (Lipinski definition) is 1. The van der Waals surface area contributed by atoms with Gasteiger partial charge in [0.2, 0.25) is 5.91 Å². The third-order valence-electron chi connectivity index (χ3n) is 6.81. The van der Waals surface area contributed by atoms with Gasteiger partial charge in [-0.2, -0.15) is 0 Å². The number of carbonyl (C=O) groups is 1. The minimum atomic E-state index is -0.240. The average molecular weight is 491 g/mol. The Morgan fingerprint density at radius 3 is 2.67 bits per heavy atom. The van der Waals surface area contributed by atoms with Crippen molar-refractivity contribution in [3.05, 3.63) is 58.4 Å². The SMILES string of the molecule is Cc1ccc(-c2nc3ccc(OCCCN4CCOCC4)cc3c(=O)n2CC(=O)NCC2CC2)cc1. The van der Waals surface area contributed by atoms with Gasteiger partial charge in [-0.3, -0.25) is 19.1 Å². The molecular weight excluding hydrogens is 456 g/mol. The standard InChI is InChI=1S/C28H34N4O4/c1-20-3-7-22(8-4-20)27-30-25-10-9-23(36-14-2-11-31-12-15-35-16-13-31)17-24(25)28(34)32(27)19-26(33)29-18-21-5-6-21/h3-4,7-10,17,21H,2,5-6,11-16,18-19H2,1H3,(H,29,33). The number of amides is 1. The van der Waals surface area contributed by atoms with Crippen LogP contribution in [0, 0.1) is 12.8 Å². The van der Waals surface area contributed by atoms with Crippen LogP contribution in [0.2, 0.25) is 0 Å². The van der Waals surface area contributed by atoms with E-state index in [4.69, 9.17) is 14.5 Å². The Labute approximate surface area is 211 Å². The number of nitrogens with zero attached hydrogens (tertiary/aromatic N) is 3. The normalized spacial score (nSPS) is 16.2. The van der Waals surface area contributed by atoms with Gasteiger partial charge in [-0.25, -0.2) is 4.98 Å². The molecule has 0 unspecified atom stereocenters. The van der Waals surface area contributed by atoms with E-state index < -0.39 is 0 Å². The summed E-state index contributed by atoms with van der Waals surface area (Å²) in [6.45, 7) is 7.62. The highest BCUT2D eigenvalue weighted by Gasteiger charge is 2.22. The number of aryl methyl sites for hydroxylation is 1. The second-order valence-corrected chi connectivity index (χ2v) is 9.78. The fraction of sp³-hybridized carbons (Fsp3) is 0.464. The van der Waals surface area contributed by atoms with Crippen molar-refractivity contribution >= 4 is 16.8 Å². The molecule has 1 N–H and O–H groups in total. The molecule has 0 radical (unpaired) electrons. The first-order valence-corrected chi connectivity index (χ1v) is 12.9. The van der Waals surface area contributed by atoms with Crippen molar-refractivity contribution in [3.63, 3.8) is 0 Å². The highest BCUT2D eigenvalue weighted by atomic mass is 16.5. The summed E-state index contributed by atoms with van der Waals surface area (Å²) < 4.78 is 12.8. The summed E-state index contributed by atoms with van der Waals surface area (Å²) >= 11 is 0. The van der Waals surface area contributed by atoms with Crippen molar-refractivity contribution in [1.82, 2.24) is 19.8 Å². The zero-order chi connectivity index (χ0) is 24.9. The maximum atomic E-state index is 13.6. The van der Waals surface area contributed by atoms with Crippen LogP contribution >= 0.6 is 0 Å². The Balaban J connectivity index is 1.37. The molecule has 2 heterocycles. The summed E-state index contributed by atoms with van der Waals surface area (Å²) in [5.41, 5.74) is 2.27. The molecule has 8 heteroatoms. The van der Waals surface area contributed by atoms with Crippen LogP contribution in [0.3, 0.4) is 0 Å². The molecule has 2 fully saturated rings. The van der Waals surface area contributed by atoms with E-state index in [-0.39, 0.29) is 18.0 Å². The van der Waals surface area contributed by atoms with Gasteiger partial charge in [0.05, 0.1) is 30.7 Å². The van der Waals surface area contributed by atoms with E-state index >= 15 is 0 Å². The van der Waals surface area contributed by atoms with Gasteiger partial charge in [-0.15, -0.1) is 0 Å². The zero-order valence-electron chi connectivity index (χ0n) is 20.9. The largest absolute Gasteiger partial charge is 0.494 e. The Bertz CT molecular complexity index is 1260. The fourth-order valence-corrected chi connectivity index (χ4v) is 4.44. The van der Waals surface area contributed by atoms with E-state index in [0.29, 0.717) is 41.5 Å². The van der Waals surface area contributed by atoms with Crippen LogP contribution < -0.4 is 15.6 Å². The van der Waals surface area contributed by atoms with Crippen molar-refractivity contribution < 1.29 is 14.3 Å². The number of fused-ring (bicyclic) bond motifs is 1. The van der Waals surface area contributed by atoms with Crippen LogP contribution in [0.15, 0.2) is 47.3 Å². The lowest BCUT2D eigenvalue weighted by Gasteiger charge is -2.26. The van der Waals surface area contributed by atoms with Gasteiger partial charge in [0, 0.05) is 31.7 Å². The van der Waals surface area contributed by atoms with Gasteiger partial charge in [0.15, 0.2) is 0 Å². The topological polar surface area (TPSA) is 85.7 Å². The summed E-state index contributed by atoms with van der Waals surface area (Å²) in [7, 11) is 0. The van der Waals surface area contributed by atoms with Gasteiger partial charge in [-0.05, 0) is 50.3 Å². The first kappa shape index (κ1) is 24.5. The van der Waals surface area contributed by atoms with Gasteiger partial charge in [-0.1, -0.05) is 29.8 Å². The minimum absolute atomic E-state index is 0.0671. The van der Waals surface area contributed by atoms with E-state index in [1.807, 2.05) is 43.3 Å². The third-order valence-corrected chi connectivity index (χ3v) is 6.81. The molecule has 0 atom stereocenters. The molecule has 0 spiro atoms. The monoisotopic (exact) mass is 490 g/mol. The Morgan fingerprint density at radius 2 is 1.92 bits per heavy atom. The molecule has 5 rings (SSSR count). The van der Waals surface area contributed by atoms with Crippen LogP contribution in [0.1, 0.15) is 24.8 Å². The number of carbonyl (C=O) groups excluding carboxylic acids is 1. The molecule has 1 saturated carbocycles. The number of ether oxygens (including phenoxy) is 2. The lowest BCUT2D eigenvalue weighted by Crippen LogP contribution is -2.37. The number of aromatic nitrogens is 2. The highest BCUT2D eigenvalue weighted by molar-refractivity contribution is 5.83. The molecule has 8 nitrogen and oxygen atoms in total. The summed E-state index contributed by atoms with van der Waals surface area (Å²) in [4.78, 5) is 33.5. The Morgan fingerprint density at radius 1 is 1.14 bits per heavy atom. The van der Waals surface area contributed by atoms with Crippen LogP contribution in [-0.4, -0.2) is 66.4 Å². The first-order chi connectivity index (χ1) is 17.6. The van der Waals surface area contributed by atoms with Gasteiger partial charge >= 0.3 is 0 Å². The second-order valence-electron chi connectivity index (χ2n) is 9.78. The van der Waals surface area contributed by atoms with Crippen molar-refractivity contribution in [2.45, 2.75) is 32.7 Å². The van der Waals surface area contributed by atoms with Crippen LogP contribution in [0.5, 0.6) is 5.75 Å². The molecule has 2 aromatic carbocycles. The quantitative estimate of drug-likeness (QED) is 0.440. The second kappa shape index (κ2) is 11.2. The van der Waals surface area contributed by atoms with E-state index in [1.165, 1.54) is 4.57 Å². The molecule has 1 aliphatic heterocycles.